The molecule has 3 aromatic rings. The van der Waals surface area contributed by atoms with Crippen molar-refractivity contribution in [2.24, 2.45) is 5.92 Å². The number of hydrogen-bond donors (Lipinski definition) is 0. The standard InChI is InChI=1S/C23H21F3N4O2/c1-13-3-2-4-17(20(13)21-27-7-8-32-21)22(31)30-16-5-6-18(30)14(10-16)9-15-11-29-19(12-28-15)23(24,25)26/h2-4,7-8,11-12,14,16,18H,5-6,9-10H2,1H3. The largest absolute Gasteiger partial charge is 0.444 e. The molecule has 0 aliphatic carbocycles. The third-order valence-electron chi connectivity index (χ3n) is 6.52. The molecule has 2 bridgehead atoms. The van der Waals surface area contributed by atoms with Crippen LogP contribution in [0.15, 0.2) is 47.5 Å². The molecule has 9 heteroatoms. The van der Waals surface area contributed by atoms with Crippen molar-refractivity contribution < 1.29 is 22.4 Å². The number of amides is 1. The highest BCUT2D eigenvalue weighted by Crippen LogP contribution is 2.44. The first-order chi connectivity index (χ1) is 15.3. The molecule has 2 saturated heterocycles. The van der Waals surface area contributed by atoms with Gasteiger partial charge in [0.05, 0.1) is 29.2 Å². The fraction of sp³-hybridized carbons (Fsp3) is 0.391. The summed E-state index contributed by atoms with van der Waals surface area (Å²) >= 11 is 0. The number of aryl methyl sites for hydroxylation is 1. The Bertz CT molecular complexity index is 1130. The molecule has 4 heterocycles. The smallest absolute Gasteiger partial charge is 0.434 e. The van der Waals surface area contributed by atoms with Gasteiger partial charge in [-0.1, -0.05) is 12.1 Å². The summed E-state index contributed by atoms with van der Waals surface area (Å²) in [5.74, 6) is 0.490. The van der Waals surface area contributed by atoms with Gasteiger partial charge in [0.15, 0.2) is 5.69 Å². The van der Waals surface area contributed by atoms with E-state index in [-0.39, 0.29) is 23.9 Å². The van der Waals surface area contributed by atoms with Crippen LogP contribution in [0.5, 0.6) is 0 Å². The minimum atomic E-state index is -4.50. The summed E-state index contributed by atoms with van der Waals surface area (Å²) in [6.07, 6.45) is 3.60. The number of benzene rings is 1. The number of aromatic nitrogens is 3. The van der Waals surface area contributed by atoms with Crippen LogP contribution in [0, 0.1) is 12.8 Å². The maximum atomic E-state index is 13.6. The molecule has 166 valence electrons. The molecular weight excluding hydrogens is 421 g/mol. The van der Waals surface area contributed by atoms with Gasteiger partial charge in [-0.3, -0.25) is 9.78 Å². The third kappa shape index (κ3) is 3.55. The molecule has 0 spiro atoms. The lowest BCUT2D eigenvalue weighted by atomic mass is 9.86. The monoisotopic (exact) mass is 442 g/mol. The molecular formula is C23H21F3N4O2. The third-order valence-corrected chi connectivity index (χ3v) is 6.52. The average Bonchev–Trinajstić information content (AvgIpc) is 3.49. The molecule has 5 rings (SSSR count). The van der Waals surface area contributed by atoms with Crippen LogP contribution in [0.1, 0.15) is 46.6 Å². The minimum Gasteiger partial charge on any atom is -0.444 e. The second-order valence-corrected chi connectivity index (χ2v) is 8.44. The van der Waals surface area contributed by atoms with E-state index in [4.69, 9.17) is 4.42 Å². The van der Waals surface area contributed by atoms with E-state index < -0.39 is 11.9 Å². The molecule has 2 fully saturated rings. The molecule has 1 aromatic carbocycles. The van der Waals surface area contributed by atoms with Gasteiger partial charge in [0.1, 0.15) is 6.26 Å². The van der Waals surface area contributed by atoms with Crippen LogP contribution in [0.2, 0.25) is 0 Å². The van der Waals surface area contributed by atoms with Crippen molar-refractivity contribution in [3.05, 3.63) is 65.6 Å². The summed E-state index contributed by atoms with van der Waals surface area (Å²) in [6.45, 7) is 1.92. The van der Waals surface area contributed by atoms with Crippen molar-refractivity contribution in [2.75, 3.05) is 0 Å². The molecule has 32 heavy (non-hydrogen) atoms. The van der Waals surface area contributed by atoms with Gasteiger partial charge in [0.25, 0.3) is 5.91 Å². The van der Waals surface area contributed by atoms with Gasteiger partial charge in [-0.05, 0) is 50.2 Å². The highest BCUT2D eigenvalue weighted by atomic mass is 19.4. The number of oxazole rings is 1. The second kappa shape index (κ2) is 7.72. The first kappa shape index (κ1) is 20.7. The van der Waals surface area contributed by atoms with Crippen LogP contribution in [0.3, 0.4) is 0 Å². The Morgan fingerprint density at radius 3 is 2.72 bits per heavy atom. The normalized spacial score (nSPS) is 22.5. The van der Waals surface area contributed by atoms with Crippen molar-refractivity contribution in [3.63, 3.8) is 0 Å². The molecule has 6 nitrogen and oxygen atoms in total. The number of fused-ring (bicyclic) bond motifs is 2. The van der Waals surface area contributed by atoms with Crippen molar-refractivity contribution in [2.45, 2.75) is 50.9 Å². The van der Waals surface area contributed by atoms with Gasteiger partial charge in [-0.25, -0.2) is 9.97 Å². The van der Waals surface area contributed by atoms with Gasteiger partial charge >= 0.3 is 6.18 Å². The zero-order chi connectivity index (χ0) is 22.5. The van der Waals surface area contributed by atoms with Gasteiger partial charge in [0, 0.05) is 18.3 Å². The summed E-state index contributed by atoms with van der Waals surface area (Å²) in [5.41, 5.74) is 1.67. The van der Waals surface area contributed by atoms with Gasteiger partial charge in [-0.2, -0.15) is 13.2 Å². The molecule has 0 radical (unpaired) electrons. The number of carbonyl (C=O) groups excluding carboxylic acids is 1. The van der Waals surface area contributed by atoms with E-state index in [0.717, 1.165) is 31.0 Å². The van der Waals surface area contributed by atoms with Crippen LogP contribution in [-0.4, -0.2) is 37.8 Å². The highest BCUT2D eigenvalue weighted by Gasteiger charge is 2.49. The maximum absolute atomic E-state index is 13.6. The predicted octanol–water partition coefficient (Wildman–Crippen LogP) is 4.69. The van der Waals surface area contributed by atoms with Crippen LogP contribution in [-0.2, 0) is 12.6 Å². The van der Waals surface area contributed by atoms with Gasteiger partial charge < -0.3 is 9.32 Å². The summed E-state index contributed by atoms with van der Waals surface area (Å²) in [4.78, 5) is 27.3. The summed E-state index contributed by atoms with van der Waals surface area (Å²) in [5, 5.41) is 0. The zero-order valence-corrected chi connectivity index (χ0v) is 17.3. The Hall–Kier alpha value is -3.23. The van der Waals surface area contributed by atoms with E-state index in [0.29, 0.717) is 29.1 Å². The van der Waals surface area contributed by atoms with Crippen LogP contribution in [0.25, 0.3) is 11.5 Å². The van der Waals surface area contributed by atoms with E-state index in [1.54, 1.807) is 12.3 Å². The second-order valence-electron chi connectivity index (χ2n) is 8.44. The molecule has 2 aromatic heterocycles. The van der Waals surface area contributed by atoms with Gasteiger partial charge in [-0.15, -0.1) is 0 Å². The van der Waals surface area contributed by atoms with E-state index in [9.17, 15) is 18.0 Å². The zero-order valence-electron chi connectivity index (χ0n) is 17.3. The molecule has 3 atom stereocenters. The lowest BCUT2D eigenvalue weighted by Crippen LogP contribution is -2.37. The lowest BCUT2D eigenvalue weighted by molar-refractivity contribution is -0.141. The number of hydrogen-bond acceptors (Lipinski definition) is 5. The maximum Gasteiger partial charge on any atom is 0.434 e. The number of rotatable bonds is 4. The topological polar surface area (TPSA) is 72.1 Å². The molecule has 0 saturated carbocycles. The predicted molar refractivity (Wildman–Crippen MR) is 109 cm³/mol. The molecule has 2 aliphatic rings. The summed E-state index contributed by atoms with van der Waals surface area (Å²) in [6, 6.07) is 5.69. The highest BCUT2D eigenvalue weighted by molar-refractivity contribution is 6.01. The first-order valence-corrected chi connectivity index (χ1v) is 10.5. The van der Waals surface area contributed by atoms with Crippen molar-refractivity contribution in [3.8, 4) is 11.5 Å². The fourth-order valence-corrected chi connectivity index (χ4v) is 5.14. The van der Waals surface area contributed by atoms with Crippen molar-refractivity contribution in [1.29, 1.82) is 0 Å². The van der Waals surface area contributed by atoms with Crippen molar-refractivity contribution >= 4 is 5.91 Å². The fourth-order valence-electron chi connectivity index (χ4n) is 5.14. The minimum absolute atomic E-state index is 0.0227. The lowest BCUT2D eigenvalue weighted by Gasteiger charge is -2.25. The summed E-state index contributed by atoms with van der Waals surface area (Å²) < 4.78 is 43.7. The Balaban J connectivity index is 1.38. The van der Waals surface area contributed by atoms with E-state index in [1.807, 2.05) is 24.0 Å². The SMILES string of the molecule is Cc1cccc(C(=O)N2C3CCC2C(Cc2cnc(C(F)(F)F)cn2)C3)c1-c1ncco1. The number of carbonyl (C=O) groups is 1. The number of alkyl halides is 3. The van der Waals surface area contributed by atoms with Crippen molar-refractivity contribution in [1.82, 2.24) is 19.9 Å². The van der Waals surface area contributed by atoms with Crippen LogP contribution >= 0.6 is 0 Å². The first-order valence-electron chi connectivity index (χ1n) is 10.5. The number of halogens is 3. The Labute approximate surface area is 182 Å². The Kier molecular flexibility index (Phi) is 4.98. The van der Waals surface area contributed by atoms with Crippen LogP contribution in [0.4, 0.5) is 13.2 Å². The quantitative estimate of drug-likeness (QED) is 0.586. The average molecular weight is 442 g/mol. The molecule has 1 amide bonds. The Morgan fingerprint density at radius 1 is 1.19 bits per heavy atom. The van der Waals surface area contributed by atoms with Gasteiger partial charge in [0.2, 0.25) is 5.89 Å². The van der Waals surface area contributed by atoms with E-state index >= 15 is 0 Å². The van der Waals surface area contributed by atoms with E-state index in [2.05, 4.69) is 15.0 Å². The Morgan fingerprint density at radius 2 is 2.03 bits per heavy atom. The summed E-state index contributed by atoms with van der Waals surface area (Å²) in [7, 11) is 0. The molecule has 3 unspecified atom stereocenters. The molecule has 2 aliphatic heterocycles. The molecule has 0 N–H and O–H groups in total. The van der Waals surface area contributed by atoms with E-state index in [1.165, 1.54) is 12.5 Å². The number of nitrogens with zero attached hydrogens (tertiary/aromatic N) is 4. The van der Waals surface area contributed by atoms with Crippen LogP contribution < -0.4 is 0 Å².